The molecule has 0 aliphatic carbocycles. The molecule has 0 aromatic carbocycles. The number of aliphatic hydroxyl groups excluding tert-OH is 4. The summed E-state index contributed by atoms with van der Waals surface area (Å²) in [4.78, 5) is 0. The van der Waals surface area contributed by atoms with E-state index >= 15 is 0 Å². The lowest BCUT2D eigenvalue weighted by Crippen LogP contribution is -2.27. The van der Waals surface area contributed by atoms with Crippen LogP contribution in [0.5, 0.6) is 0 Å². The second kappa shape index (κ2) is 4.62. The molecule has 4 nitrogen and oxygen atoms in total. The Kier molecular flexibility index (Phi) is 4.55. The molecule has 10 heavy (non-hydrogen) atoms. The van der Waals surface area contributed by atoms with E-state index in [0.29, 0.717) is 6.61 Å². The van der Waals surface area contributed by atoms with Gasteiger partial charge in [0, 0.05) is 6.42 Å². The predicted octanol–water partition coefficient (Wildman–Crippen LogP) is -0.987. The van der Waals surface area contributed by atoms with Crippen molar-refractivity contribution in [2.75, 3.05) is 0 Å². The Bertz CT molecular complexity index is 83.8. The summed E-state index contributed by atoms with van der Waals surface area (Å²) in [6, 6.07) is 0. The first kappa shape index (κ1) is 9.84. The molecule has 61 valence electrons. The lowest BCUT2D eigenvalue weighted by atomic mass is 10.1. The molecule has 0 spiro atoms. The van der Waals surface area contributed by atoms with Crippen LogP contribution in [-0.4, -0.2) is 38.7 Å². The Labute approximate surface area is 59.7 Å². The van der Waals surface area contributed by atoms with Gasteiger partial charge in [-0.3, -0.25) is 0 Å². The summed E-state index contributed by atoms with van der Waals surface area (Å²) in [6.45, 7) is 1.99. The highest BCUT2D eigenvalue weighted by Crippen LogP contribution is 2.03. The van der Waals surface area contributed by atoms with Crippen molar-refractivity contribution in [2.24, 2.45) is 0 Å². The van der Waals surface area contributed by atoms with Gasteiger partial charge in [-0.2, -0.15) is 0 Å². The van der Waals surface area contributed by atoms with Gasteiger partial charge in [0.2, 0.25) is 0 Å². The molecule has 3 atom stereocenters. The Hall–Kier alpha value is -0.160. The van der Waals surface area contributed by atoms with Crippen molar-refractivity contribution in [1.82, 2.24) is 0 Å². The smallest absolute Gasteiger partial charge is 0.108 e. The molecule has 0 aromatic rings. The maximum Gasteiger partial charge on any atom is 0.108 e. The molecule has 0 aliphatic rings. The Morgan fingerprint density at radius 3 is 2.10 bits per heavy atom. The third-order valence-electron chi connectivity index (χ3n) is 1.21. The normalized spacial score (nSPS) is 20.1. The predicted molar refractivity (Wildman–Crippen MR) is 34.5 cm³/mol. The molecule has 0 amide bonds. The fourth-order valence-electron chi connectivity index (χ4n) is 0.505. The Morgan fingerprint density at radius 2 is 1.80 bits per heavy atom. The third-order valence-corrected chi connectivity index (χ3v) is 1.21. The van der Waals surface area contributed by atoms with Crippen molar-refractivity contribution < 1.29 is 20.4 Å². The average Bonchev–Trinajstić information content (AvgIpc) is 1.87. The van der Waals surface area contributed by atoms with E-state index in [4.69, 9.17) is 20.4 Å². The van der Waals surface area contributed by atoms with Crippen molar-refractivity contribution in [3.8, 4) is 0 Å². The van der Waals surface area contributed by atoms with Gasteiger partial charge < -0.3 is 20.4 Å². The largest absolute Gasteiger partial charge is 0.391 e. The highest BCUT2D eigenvalue weighted by atomic mass is 16.3. The second-order valence-corrected chi connectivity index (χ2v) is 2.26. The standard InChI is InChI=1S/C6H13O4/c1-4(8)6(10)2-5(9)3-7/h3-10H,2H2,1H3. The van der Waals surface area contributed by atoms with E-state index in [1.54, 1.807) is 0 Å². The van der Waals surface area contributed by atoms with Crippen molar-refractivity contribution in [1.29, 1.82) is 0 Å². The molecule has 0 aliphatic heterocycles. The summed E-state index contributed by atoms with van der Waals surface area (Å²) in [5.74, 6) is 0. The maximum atomic E-state index is 8.89. The van der Waals surface area contributed by atoms with Crippen LogP contribution in [0.3, 0.4) is 0 Å². The lowest BCUT2D eigenvalue weighted by molar-refractivity contribution is -0.00457. The summed E-state index contributed by atoms with van der Waals surface area (Å²) in [5, 5.41) is 34.5. The zero-order chi connectivity index (χ0) is 8.15. The molecule has 0 rings (SSSR count). The summed E-state index contributed by atoms with van der Waals surface area (Å²) in [7, 11) is 0. The molecular formula is C6H13O4. The van der Waals surface area contributed by atoms with Gasteiger partial charge in [-0.1, -0.05) is 0 Å². The van der Waals surface area contributed by atoms with Crippen LogP contribution in [0.25, 0.3) is 0 Å². The molecular weight excluding hydrogens is 136 g/mol. The highest BCUT2D eigenvalue weighted by molar-refractivity contribution is 4.71. The molecule has 4 N–H and O–H groups in total. The van der Waals surface area contributed by atoms with Crippen molar-refractivity contribution in [3.63, 3.8) is 0 Å². The number of hydrogen-bond donors (Lipinski definition) is 4. The van der Waals surface area contributed by atoms with Crippen molar-refractivity contribution >= 4 is 0 Å². The molecule has 3 unspecified atom stereocenters. The summed E-state index contributed by atoms with van der Waals surface area (Å²) in [5.41, 5.74) is 0. The quantitative estimate of drug-likeness (QED) is 0.414. The number of rotatable bonds is 4. The van der Waals surface area contributed by atoms with Crippen LogP contribution in [0.4, 0.5) is 0 Å². The minimum Gasteiger partial charge on any atom is -0.391 e. The Morgan fingerprint density at radius 1 is 1.30 bits per heavy atom. The van der Waals surface area contributed by atoms with E-state index in [2.05, 4.69) is 0 Å². The van der Waals surface area contributed by atoms with E-state index < -0.39 is 18.3 Å². The summed E-state index contributed by atoms with van der Waals surface area (Å²) >= 11 is 0. The van der Waals surface area contributed by atoms with Gasteiger partial charge in [0.25, 0.3) is 0 Å². The Balaban J connectivity index is 3.46. The van der Waals surface area contributed by atoms with E-state index in [9.17, 15) is 0 Å². The summed E-state index contributed by atoms with van der Waals surface area (Å²) in [6.07, 6.45) is -2.98. The van der Waals surface area contributed by atoms with Gasteiger partial charge in [0.1, 0.15) is 6.61 Å². The van der Waals surface area contributed by atoms with Crippen LogP contribution in [0.1, 0.15) is 13.3 Å². The number of hydrogen-bond acceptors (Lipinski definition) is 4. The SMILES string of the molecule is CC(O)C(O)CC(O)[CH]O. The molecule has 0 fully saturated rings. The zero-order valence-corrected chi connectivity index (χ0v) is 5.81. The average molecular weight is 149 g/mol. The first-order chi connectivity index (χ1) is 4.57. The lowest BCUT2D eigenvalue weighted by Gasteiger charge is -2.15. The van der Waals surface area contributed by atoms with Gasteiger partial charge in [0.15, 0.2) is 0 Å². The van der Waals surface area contributed by atoms with E-state index in [1.807, 2.05) is 0 Å². The maximum absolute atomic E-state index is 8.89. The van der Waals surface area contributed by atoms with Crippen molar-refractivity contribution in [3.05, 3.63) is 6.61 Å². The highest BCUT2D eigenvalue weighted by Gasteiger charge is 2.15. The fraction of sp³-hybridized carbons (Fsp3) is 0.833. The van der Waals surface area contributed by atoms with Gasteiger partial charge >= 0.3 is 0 Å². The van der Waals surface area contributed by atoms with Crippen LogP contribution in [-0.2, 0) is 0 Å². The van der Waals surface area contributed by atoms with E-state index in [1.165, 1.54) is 6.92 Å². The van der Waals surface area contributed by atoms with Crippen LogP contribution < -0.4 is 0 Å². The van der Waals surface area contributed by atoms with E-state index in [0.717, 1.165) is 0 Å². The number of aliphatic hydroxyl groups is 4. The topological polar surface area (TPSA) is 80.9 Å². The molecule has 4 heteroatoms. The molecule has 0 saturated carbocycles. The molecule has 0 heterocycles. The molecule has 1 radical (unpaired) electrons. The minimum absolute atomic E-state index is 0.0475. The molecule has 0 saturated heterocycles. The van der Waals surface area contributed by atoms with Gasteiger partial charge in [-0.25, -0.2) is 0 Å². The van der Waals surface area contributed by atoms with Gasteiger partial charge in [-0.15, -0.1) is 0 Å². The van der Waals surface area contributed by atoms with Crippen LogP contribution in [0.2, 0.25) is 0 Å². The summed E-state index contributed by atoms with van der Waals surface area (Å²) < 4.78 is 0. The van der Waals surface area contributed by atoms with Crippen LogP contribution in [0, 0.1) is 6.61 Å². The first-order valence-corrected chi connectivity index (χ1v) is 3.09. The fourth-order valence-corrected chi connectivity index (χ4v) is 0.505. The molecule has 0 bridgehead atoms. The molecule has 0 aromatic heterocycles. The second-order valence-electron chi connectivity index (χ2n) is 2.26. The monoisotopic (exact) mass is 149 g/mol. The van der Waals surface area contributed by atoms with Gasteiger partial charge in [0.05, 0.1) is 18.3 Å². The van der Waals surface area contributed by atoms with Crippen LogP contribution in [0.15, 0.2) is 0 Å². The third kappa shape index (κ3) is 3.79. The van der Waals surface area contributed by atoms with Gasteiger partial charge in [-0.05, 0) is 6.92 Å². The van der Waals surface area contributed by atoms with Crippen molar-refractivity contribution in [2.45, 2.75) is 31.7 Å². The van der Waals surface area contributed by atoms with E-state index in [-0.39, 0.29) is 6.42 Å². The first-order valence-electron chi connectivity index (χ1n) is 3.09. The minimum atomic E-state index is -1.07. The van der Waals surface area contributed by atoms with Crippen LogP contribution >= 0.6 is 0 Å². The zero-order valence-electron chi connectivity index (χ0n) is 5.81.